The van der Waals surface area contributed by atoms with Crippen molar-refractivity contribution in [2.75, 3.05) is 3.77 Å². The Kier molecular flexibility index (Phi) is 10.6. The number of hydrogen-bond donors (Lipinski definition) is 0. The molecule has 0 unspecified atom stereocenters. The van der Waals surface area contributed by atoms with Crippen LogP contribution in [0.2, 0.25) is 13.3 Å². The van der Waals surface area contributed by atoms with Crippen molar-refractivity contribution in [1.29, 1.82) is 0 Å². The number of benzene rings is 2. The topological polar surface area (TPSA) is 0 Å². The summed E-state index contributed by atoms with van der Waals surface area (Å²) in [6.07, 6.45) is 8.57. The van der Waals surface area contributed by atoms with E-state index >= 15 is 0 Å². The molecule has 0 bridgehead atoms. The van der Waals surface area contributed by atoms with Gasteiger partial charge in [-0.2, -0.15) is 0 Å². The van der Waals surface area contributed by atoms with E-state index in [0.717, 1.165) is 0 Å². The first kappa shape index (κ1) is 23.1. The van der Waals surface area contributed by atoms with Gasteiger partial charge in [-0.25, -0.2) is 0 Å². The second-order valence-electron chi connectivity index (χ2n) is 8.37. The molecule has 27 heavy (non-hydrogen) atoms. The molecule has 2 aromatic carbocycles. The molecule has 0 spiro atoms. The molecule has 0 aliphatic rings. The third-order valence-corrected chi connectivity index (χ3v) is 26.4. The number of unbranched alkanes of at least 4 members (excludes halogenated alkanes) is 3. The van der Waals surface area contributed by atoms with Gasteiger partial charge >= 0.3 is 177 Å². The Bertz CT molecular complexity index is 644. The van der Waals surface area contributed by atoms with Crippen molar-refractivity contribution in [3.63, 3.8) is 0 Å². The van der Waals surface area contributed by atoms with E-state index < -0.39 is 18.4 Å². The first-order chi connectivity index (χ1) is 13.1. The molecule has 2 rings (SSSR count). The van der Waals surface area contributed by atoms with E-state index in [4.69, 9.17) is 0 Å². The Morgan fingerprint density at radius 1 is 0.778 bits per heavy atom. The van der Waals surface area contributed by atoms with Crippen molar-refractivity contribution in [3.05, 3.63) is 48.0 Å². The number of fused-ring (bicyclic) bond motifs is 1. The maximum absolute atomic E-state index is 2.44. The van der Waals surface area contributed by atoms with Crippen LogP contribution in [-0.2, 0) is 0 Å². The van der Waals surface area contributed by atoms with Gasteiger partial charge in [0.1, 0.15) is 0 Å². The molecule has 0 aromatic heterocycles. The molecule has 0 saturated heterocycles. The standard InChI is InChI=1S/C13H13S.3C4H9.Sn/c1-10(14-2)12-8-7-11-5-3-4-6-13(11)9-12;3*1-3-4-2;/h3-10H,2H2,1H3;3*1,3-4H2,2H3;/t10-;;;;/m1..../s1. The monoisotopic (exact) mass is 492 g/mol. The molecule has 0 heterocycles. The van der Waals surface area contributed by atoms with E-state index in [0.29, 0.717) is 5.25 Å². The average Bonchev–Trinajstić information content (AvgIpc) is 2.72. The number of rotatable bonds is 13. The van der Waals surface area contributed by atoms with Gasteiger partial charge in [0.25, 0.3) is 0 Å². The summed E-state index contributed by atoms with van der Waals surface area (Å²) in [6.45, 7) is 9.56. The van der Waals surface area contributed by atoms with Gasteiger partial charge in [-0.05, 0) is 0 Å². The Balaban J connectivity index is 2.09. The fourth-order valence-electron chi connectivity index (χ4n) is 4.11. The molecule has 0 radical (unpaired) electrons. The van der Waals surface area contributed by atoms with Crippen molar-refractivity contribution in [1.82, 2.24) is 0 Å². The van der Waals surface area contributed by atoms with Gasteiger partial charge in [0.15, 0.2) is 0 Å². The fraction of sp³-hybridized carbons (Fsp3) is 0.600. The van der Waals surface area contributed by atoms with Gasteiger partial charge in [-0.3, -0.25) is 0 Å². The zero-order chi connectivity index (χ0) is 19.5. The van der Waals surface area contributed by atoms with Crippen LogP contribution in [0.3, 0.4) is 0 Å². The Morgan fingerprint density at radius 2 is 1.33 bits per heavy atom. The third kappa shape index (κ3) is 7.31. The van der Waals surface area contributed by atoms with Gasteiger partial charge in [0, 0.05) is 0 Å². The molecule has 0 saturated carbocycles. The summed E-state index contributed by atoms with van der Waals surface area (Å²) < 4.78 is 6.41. The van der Waals surface area contributed by atoms with Crippen LogP contribution in [0.25, 0.3) is 10.8 Å². The average molecular weight is 491 g/mol. The molecule has 0 amide bonds. The predicted molar refractivity (Wildman–Crippen MR) is 130 cm³/mol. The minimum absolute atomic E-state index is 0.621. The first-order valence-corrected chi connectivity index (χ1v) is 20.4. The third-order valence-electron chi connectivity index (χ3n) is 6.06. The summed E-state index contributed by atoms with van der Waals surface area (Å²) in [4.78, 5) is 0. The molecule has 0 N–H and O–H groups in total. The molecule has 0 fully saturated rings. The van der Waals surface area contributed by atoms with Gasteiger partial charge in [-0.1, -0.05) is 0 Å². The summed E-state index contributed by atoms with van der Waals surface area (Å²) in [7, 11) is 0. The van der Waals surface area contributed by atoms with E-state index in [9.17, 15) is 0 Å². The van der Waals surface area contributed by atoms with Gasteiger partial charge in [0.2, 0.25) is 0 Å². The van der Waals surface area contributed by atoms with Crippen molar-refractivity contribution in [2.45, 2.75) is 84.8 Å². The van der Waals surface area contributed by atoms with Crippen molar-refractivity contribution < 1.29 is 0 Å². The fourth-order valence-corrected chi connectivity index (χ4v) is 25.9. The molecular formula is C25H40SSn. The zero-order valence-electron chi connectivity index (χ0n) is 18.1. The van der Waals surface area contributed by atoms with Crippen LogP contribution < -0.4 is 0 Å². The van der Waals surface area contributed by atoms with Crippen molar-refractivity contribution in [3.8, 4) is 0 Å². The van der Waals surface area contributed by atoms with Crippen LogP contribution in [0.5, 0.6) is 0 Å². The van der Waals surface area contributed by atoms with Crippen molar-refractivity contribution in [2.24, 2.45) is 0 Å². The van der Waals surface area contributed by atoms with Crippen LogP contribution >= 0.6 is 11.8 Å². The SMILES string of the molecule is CCC[CH2][Sn]([CH2]CCC)([CH2]CCC)[CH2]S[C@H](C)c1ccc2ccccc2c1. The summed E-state index contributed by atoms with van der Waals surface area (Å²) in [5, 5.41) is 3.37. The second-order valence-corrected chi connectivity index (χ2v) is 25.0. The number of thioether (sulfide) groups is 1. The van der Waals surface area contributed by atoms with E-state index in [1.165, 1.54) is 58.6 Å². The summed E-state index contributed by atoms with van der Waals surface area (Å²) in [5.41, 5.74) is 1.51. The Hall–Kier alpha value is -0.151. The molecule has 0 aliphatic heterocycles. The molecule has 0 nitrogen and oxygen atoms in total. The van der Waals surface area contributed by atoms with E-state index in [2.05, 4.69) is 81.9 Å². The number of hydrogen-bond acceptors (Lipinski definition) is 1. The van der Waals surface area contributed by atoms with Gasteiger partial charge in [-0.15, -0.1) is 0 Å². The van der Waals surface area contributed by atoms with Crippen LogP contribution in [0, 0.1) is 0 Å². The molecular weight excluding hydrogens is 451 g/mol. The summed E-state index contributed by atoms with van der Waals surface area (Å²) in [5.74, 6) is 0. The molecule has 2 aromatic rings. The minimum atomic E-state index is -2.01. The zero-order valence-corrected chi connectivity index (χ0v) is 21.8. The van der Waals surface area contributed by atoms with Crippen LogP contribution in [0.4, 0.5) is 0 Å². The predicted octanol–water partition coefficient (Wildman–Crippen LogP) is 9.02. The second kappa shape index (κ2) is 12.4. The van der Waals surface area contributed by atoms with E-state index in [1.54, 1.807) is 13.3 Å². The Morgan fingerprint density at radius 3 is 1.89 bits per heavy atom. The van der Waals surface area contributed by atoms with Crippen molar-refractivity contribution >= 4 is 40.9 Å². The van der Waals surface area contributed by atoms with Gasteiger partial charge in [0.05, 0.1) is 0 Å². The van der Waals surface area contributed by atoms with Gasteiger partial charge < -0.3 is 0 Å². The molecule has 1 atom stereocenters. The first-order valence-electron chi connectivity index (χ1n) is 11.2. The normalized spacial score (nSPS) is 13.2. The molecule has 0 aliphatic carbocycles. The Labute approximate surface area is 176 Å². The van der Waals surface area contributed by atoms with E-state index in [-0.39, 0.29) is 0 Å². The summed E-state index contributed by atoms with van der Waals surface area (Å²) in [6, 6.07) is 15.9. The molecule has 150 valence electrons. The maximum atomic E-state index is 2.44. The summed E-state index contributed by atoms with van der Waals surface area (Å²) >= 11 is 0.275. The van der Waals surface area contributed by atoms with E-state index in [1.807, 2.05) is 0 Å². The molecule has 2 heteroatoms. The van der Waals surface area contributed by atoms with Crippen LogP contribution in [0.1, 0.15) is 77.0 Å². The van der Waals surface area contributed by atoms with Crippen LogP contribution in [-0.4, -0.2) is 22.1 Å². The quantitative estimate of drug-likeness (QED) is 0.252. The van der Waals surface area contributed by atoms with Crippen LogP contribution in [0.15, 0.2) is 42.5 Å².